The Morgan fingerprint density at radius 1 is 1.30 bits per heavy atom. The van der Waals surface area contributed by atoms with Crippen LogP contribution in [-0.2, 0) is 4.79 Å². The highest BCUT2D eigenvalue weighted by Crippen LogP contribution is 2.37. The zero-order valence-corrected chi connectivity index (χ0v) is 11.5. The number of aromatic nitrogens is 2. The molecule has 1 aliphatic heterocycles. The zero-order chi connectivity index (χ0) is 14.1. The molecule has 3 rings (SSSR count). The number of anilines is 1. The van der Waals surface area contributed by atoms with Gasteiger partial charge in [0.15, 0.2) is 0 Å². The van der Waals surface area contributed by atoms with Crippen molar-refractivity contribution in [1.82, 2.24) is 9.97 Å². The first-order chi connectivity index (χ1) is 9.70. The number of benzene rings is 1. The number of likely N-dealkylation sites (N-methyl/N-ethyl adjacent to an activating group) is 1. The largest absolute Gasteiger partial charge is 0.308 e. The maximum absolute atomic E-state index is 12.5. The van der Waals surface area contributed by atoms with Gasteiger partial charge in [-0.15, -0.1) is 0 Å². The van der Waals surface area contributed by atoms with Crippen molar-refractivity contribution < 1.29 is 4.79 Å². The van der Waals surface area contributed by atoms with Crippen molar-refractivity contribution in [3.8, 4) is 0 Å². The highest BCUT2D eigenvalue weighted by atomic mass is 16.2. The molecule has 1 aliphatic rings. The molecule has 0 fully saturated rings. The van der Waals surface area contributed by atoms with Gasteiger partial charge >= 0.3 is 0 Å². The topological polar surface area (TPSA) is 46.1 Å². The summed E-state index contributed by atoms with van der Waals surface area (Å²) in [5, 5.41) is 0. The highest BCUT2D eigenvalue weighted by Gasteiger charge is 2.31. The smallest absolute Gasteiger partial charge is 0.259 e. The van der Waals surface area contributed by atoms with E-state index in [1.165, 1.54) is 6.33 Å². The highest BCUT2D eigenvalue weighted by molar-refractivity contribution is 6.35. The van der Waals surface area contributed by atoms with Gasteiger partial charge in [0.1, 0.15) is 6.33 Å². The van der Waals surface area contributed by atoms with Crippen LogP contribution in [0.1, 0.15) is 23.7 Å². The number of fused-ring (bicyclic) bond motifs is 1. The van der Waals surface area contributed by atoms with Crippen LogP contribution in [0.25, 0.3) is 11.6 Å². The van der Waals surface area contributed by atoms with Gasteiger partial charge in [0.05, 0.1) is 17.0 Å². The third-order valence-electron chi connectivity index (χ3n) is 3.42. The molecule has 0 spiro atoms. The van der Waals surface area contributed by atoms with Gasteiger partial charge in [-0.2, -0.15) is 0 Å². The molecule has 0 radical (unpaired) electrons. The van der Waals surface area contributed by atoms with Crippen LogP contribution in [0.3, 0.4) is 0 Å². The summed E-state index contributed by atoms with van der Waals surface area (Å²) in [6, 6.07) is 7.88. The molecule has 0 bridgehead atoms. The monoisotopic (exact) mass is 265 g/mol. The Morgan fingerprint density at radius 2 is 2.15 bits per heavy atom. The van der Waals surface area contributed by atoms with Gasteiger partial charge < -0.3 is 4.90 Å². The average Bonchev–Trinajstić information content (AvgIpc) is 2.72. The maximum atomic E-state index is 12.5. The van der Waals surface area contributed by atoms with E-state index < -0.39 is 0 Å². The number of carbonyl (C=O) groups excluding carboxylic acids is 1. The standard InChI is InChI=1S/C16H15N3O/c1-3-19-15-5-4-11(2)8-13(15)14(16(19)20)9-12-6-7-17-10-18-12/h4-10H,3H2,1-2H3/b14-9-. The summed E-state index contributed by atoms with van der Waals surface area (Å²) in [6.45, 7) is 4.67. The van der Waals surface area contributed by atoms with Crippen LogP contribution in [0.4, 0.5) is 5.69 Å². The predicted octanol–water partition coefficient (Wildman–Crippen LogP) is 2.69. The first kappa shape index (κ1) is 12.5. The van der Waals surface area contributed by atoms with Crippen LogP contribution < -0.4 is 4.90 Å². The molecule has 0 N–H and O–H groups in total. The van der Waals surface area contributed by atoms with Crippen molar-refractivity contribution in [3.63, 3.8) is 0 Å². The second-order valence-corrected chi connectivity index (χ2v) is 4.76. The molecule has 1 amide bonds. The molecular weight excluding hydrogens is 250 g/mol. The third-order valence-corrected chi connectivity index (χ3v) is 3.42. The van der Waals surface area contributed by atoms with Crippen molar-refractivity contribution in [2.24, 2.45) is 0 Å². The first-order valence-corrected chi connectivity index (χ1v) is 6.61. The van der Waals surface area contributed by atoms with Gasteiger partial charge in [0.25, 0.3) is 5.91 Å². The Hall–Kier alpha value is -2.49. The van der Waals surface area contributed by atoms with E-state index in [2.05, 4.69) is 16.0 Å². The lowest BCUT2D eigenvalue weighted by Gasteiger charge is -2.13. The number of hydrogen-bond acceptors (Lipinski definition) is 3. The summed E-state index contributed by atoms with van der Waals surface area (Å²) in [6.07, 6.45) is 4.99. The van der Waals surface area contributed by atoms with Crippen LogP contribution in [-0.4, -0.2) is 22.4 Å². The van der Waals surface area contributed by atoms with Crippen molar-refractivity contribution in [2.45, 2.75) is 13.8 Å². The molecule has 2 heterocycles. The Morgan fingerprint density at radius 3 is 2.85 bits per heavy atom. The SMILES string of the molecule is CCN1C(=O)/C(=C\c2ccncn2)c2cc(C)ccc21. The summed E-state index contributed by atoms with van der Waals surface area (Å²) in [4.78, 5) is 22.4. The lowest BCUT2D eigenvalue weighted by molar-refractivity contribution is -0.112. The number of aryl methyl sites for hydroxylation is 1. The van der Waals surface area contributed by atoms with Crippen LogP contribution in [0.5, 0.6) is 0 Å². The summed E-state index contributed by atoms with van der Waals surface area (Å²) in [7, 11) is 0. The molecule has 4 nitrogen and oxygen atoms in total. The summed E-state index contributed by atoms with van der Waals surface area (Å²) >= 11 is 0. The van der Waals surface area contributed by atoms with Gasteiger partial charge in [-0.1, -0.05) is 11.6 Å². The molecule has 0 unspecified atom stereocenters. The summed E-state index contributed by atoms with van der Waals surface area (Å²) < 4.78 is 0. The lowest BCUT2D eigenvalue weighted by atomic mass is 10.0. The van der Waals surface area contributed by atoms with Gasteiger partial charge in [0.2, 0.25) is 0 Å². The Balaban J connectivity index is 2.15. The van der Waals surface area contributed by atoms with Crippen molar-refractivity contribution >= 4 is 23.2 Å². The van der Waals surface area contributed by atoms with Gasteiger partial charge in [-0.25, -0.2) is 9.97 Å². The number of amides is 1. The fraction of sp³-hybridized carbons (Fsp3) is 0.188. The van der Waals surface area contributed by atoms with E-state index in [9.17, 15) is 4.79 Å². The summed E-state index contributed by atoms with van der Waals surface area (Å²) in [5.74, 6) is 0.0340. The molecule has 1 aromatic heterocycles. The van der Waals surface area contributed by atoms with Crippen molar-refractivity contribution in [2.75, 3.05) is 11.4 Å². The molecule has 2 aromatic rings. The van der Waals surface area contributed by atoms with Gasteiger partial charge in [0, 0.05) is 18.3 Å². The van der Waals surface area contributed by atoms with Gasteiger partial charge in [-0.05, 0) is 38.1 Å². The Kier molecular flexibility index (Phi) is 3.06. The molecule has 0 aliphatic carbocycles. The van der Waals surface area contributed by atoms with Crippen LogP contribution >= 0.6 is 0 Å². The second kappa shape index (κ2) is 4.89. The van der Waals surface area contributed by atoms with E-state index in [1.807, 2.05) is 32.1 Å². The van der Waals surface area contributed by atoms with E-state index >= 15 is 0 Å². The number of hydrogen-bond donors (Lipinski definition) is 0. The van der Waals surface area contributed by atoms with Crippen LogP contribution in [0, 0.1) is 6.92 Å². The molecule has 0 atom stereocenters. The number of rotatable bonds is 2. The lowest BCUT2D eigenvalue weighted by Crippen LogP contribution is -2.25. The average molecular weight is 265 g/mol. The van der Waals surface area contributed by atoms with E-state index in [1.54, 1.807) is 17.2 Å². The molecule has 0 saturated carbocycles. The molecule has 20 heavy (non-hydrogen) atoms. The Bertz CT molecular complexity index is 692. The minimum atomic E-state index is 0.0340. The van der Waals surface area contributed by atoms with Crippen LogP contribution in [0.15, 0.2) is 36.8 Å². The van der Waals surface area contributed by atoms with E-state index in [0.717, 1.165) is 22.5 Å². The third kappa shape index (κ3) is 1.99. The molecule has 1 aromatic carbocycles. The molecular formula is C16H15N3O. The zero-order valence-electron chi connectivity index (χ0n) is 11.5. The first-order valence-electron chi connectivity index (χ1n) is 6.61. The van der Waals surface area contributed by atoms with Gasteiger partial charge in [-0.3, -0.25) is 4.79 Å². The van der Waals surface area contributed by atoms with Crippen molar-refractivity contribution in [3.05, 3.63) is 53.6 Å². The number of carbonyl (C=O) groups is 1. The minimum Gasteiger partial charge on any atom is -0.308 e. The fourth-order valence-electron chi connectivity index (χ4n) is 2.46. The number of nitrogens with zero attached hydrogens (tertiary/aromatic N) is 3. The molecule has 100 valence electrons. The quantitative estimate of drug-likeness (QED) is 0.784. The summed E-state index contributed by atoms with van der Waals surface area (Å²) in [5.41, 5.74) is 4.54. The van der Waals surface area contributed by atoms with E-state index in [-0.39, 0.29) is 5.91 Å². The van der Waals surface area contributed by atoms with Crippen molar-refractivity contribution in [1.29, 1.82) is 0 Å². The molecule has 4 heteroatoms. The molecule has 0 saturated heterocycles. The maximum Gasteiger partial charge on any atom is 0.259 e. The van der Waals surface area contributed by atoms with E-state index in [0.29, 0.717) is 12.1 Å². The van der Waals surface area contributed by atoms with E-state index in [4.69, 9.17) is 0 Å². The van der Waals surface area contributed by atoms with Crippen LogP contribution in [0.2, 0.25) is 0 Å². The second-order valence-electron chi connectivity index (χ2n) is 4.76. The predicted molar refractivity (Wildman–Crippen MR) is 79.1 cm³/mol. The minimum absolute atomic E-state index is 0.0340. The normalized spacial score (nSPS) is 15.8. The fourth-order valence-corrected chi connectivity index (χ4v) is 2.46. The Labute approximate surface area is 117 Å².